The molecule has 42 heavy (non-hydrogen) atoms. The Hall–Kier alpha value is -3.76. The molecule has 0 spiro atoms. The lowest BCUT2D eigenvalue weighted by Gasteiger charge is -2.24. The number of aromatic nitrogens is 3. The van der Waals surface area contributed by atoms with Crippen molar-refractivity contribution in [1.82, 2.24) is 14.3 Å². The van der Waals surface area contributed by atoms with Crippen LogP contribution in [0.2, 0.25) is 5.02 Å². The van der Waals surface area contributed by atoms with E-state index in [-0.39, 0.29) is 36.7 Å². The van der Waals surface area contributed by atoms with Crippen molar-refractivity contribution in [3.63, 3.8) is 0 Å². The summed E-state index contributed by atoms with van der Waals surface area (Å²) in [4.78, 5) is 27.4. The number of benzene rings is 2. The molecular formula is C31H34ClF2N3O5. The van der Waals surface area contributed by atoms with E-state index < -0.39 is 30.2 Å². The Morgan fingerprint density at radius 3 is 2.48 bits per heavy atom. The molecule has 0 radical (unpaired) electrons. The van der Waals surface area contributed by atoms with E-state index in [1.807, 2.05) is 52.2 Å². The molecule has 0 saturated carbocycles. The summed E-state index contributed by atoms with van der Waals surface area (Å²) in [5.74, 6) is 0.175. The van der Waals surface area contributed by atoms with Crippen LogP contribution in [-0.4, -0.2) is 52.5 Å². The number of carbonyl (C=O) groups excluding carboxylic acids is 1. The summed E-state index contributed by atoms with van der Waals surface area (Å²) in [6, 6.07) is 10.5. The largest absolute Gasteiger partial charge is 0.495 e. The van der Waals surface area contributed by atoms with Gasteiger partial charge < -0.3 is 18.8 Å². The van der Waals surface area contributed by atoms with Crippen molar-refractivity contribution < 1.29 is 27.8 Å². The minimum absolute atomic E-state index is 0.0848. The summed E-state index contributed by atoms with van der Waals surface area (Å²) >= 11 is 6.21. The highest BCUT2D eigenvalue weighted by atomic mass is 35.5. The number of ether oxygens (including phenoxy) is 3. The predicted octanol–water partition coefficient (Wildman–Crippen LogP) is 6.27. The van der Waals surface area contributed by atoms with Crippen LogP contribution in [0.3, 0.4) is 0 Å². The van der Waals surface area contributed by atoms with Crippen molar-refractivity contribution in [3.8, 4) is 22.6 Å². The second kappa shape index (κ2) is 13.0. The number of hydrogen-bond donors (Lipinski definition) is 0. The Morgan fingerprint density at radius 2 is 1.79 bits per heavy atom. The standard InChI is InChI=1S/C31H34ClF2N3O5/c1-31(2,3)42-11-10-25(26(38)13-19-6-8-24-20(12-19)16-36(4)35-24)37-17-28(40-5)23(15-30(37)39)22-14-21(32)7-9-27(22)41-18-29(33)34/h6-9,12,14-17,25,29H,10-11,13,18H2,1-5H3. The average molecular weight is 602 g/mol. The number of aryl methyl sites for hydroxylation is 1. The monoisotopic (exact) mass is 601 g/mol. The van der Waals surface area contributed by atoms with Gasteiger partial charge in [0.25, 0.3) is 12.0 Å². The van der Waals surface area contributed by atoms with Crippen LogP contribution in [0, 0.1) is 0 Å². The zero-order chi connectivity index (χ0) is 30.6. The maximum atomic E-state index is 13.8. The number of methoxy groups -OCH3 is 1. The number of hydrogen-bond acceptors (Lipinski definition) is 6. The lowest BCUT2D eigenvalue weighted by Crippen LogP contribution is -2.32. The lowest BCUT2D eigenvalue weighted by atomic mass is 9.99. The van der Waals surface area contributed by atoms with Crippen molar-refractivity contribution in [1.29, 1.82) is 0 Å². The molecular weight excluding hydrogens is 568 g/mol. The quantitative estimate of drug-likeness (QED) is 0.190. The number of halogens is 3. The van der Waals surface area contributed by atoms with E-state index in [1.165, 1.54) is 42.1 Å². The first kappa shape index (κ1) is 31.2. The first-order valence-electron chi connectivity index (χ1n) is 13.4. The smallest absolute Gasteiger partial charge is 0.272 e. The number of fused-ring (bicyclic) bond motifs is 1. The Balaban J connectivity index is 1.72. The summed E-state index contributed by atoms with van der Waals surface area (Å²) in [6.07, 6.45) is 0.972. The molecule has 0 aliphatic rings. The second-order valence-corrected chi connectivity index (χ2v) is 11.4. The van der Waals surface area contributed by atoms with E-state index in [4.69, 9.17) is 25.8 Å². The zero-order valence-corrected chi connectivity index (χ0v) is 25.0. The molecule has 224 valence electrons. The normalized spacial score (nSPS) is 12.6. The van der Waals surface area contributed by atoms with Gasteiger partial charge in [-0.2, -0.15) is 5.10 Å². The second-order valence-electron chi connectivity index (χ2n) is 10.9. The van der Waals surface area contributed by atoms with Gasteiger partial charge in [-0.3, -0.25) is 14.3 Å². The third-order valence-corrected chi connectivity index (χ3v) is 6.79. The first-order valence-corrected chi connectivity index (χ1v) is 13.8. The molecule has 1 unspecified atom stereocenters. The summed E-state index contributed by atoms with van der Waals surface area (Å²) in [6.45, 7) is 5.14. The lowest BCUT2D eigenvalue weighted by molar-refractivity contribution is -0.122. The van der Waals surface area contributed by atoms with Crippen molar-refractivity contribution >= 4 is 28.3 Å². The van der Waals surface area contributed by atoms with Crippen molar-refractivity contribution in [3.05, 3.63) is 75.8 Å². The fourth-order valence-electron chi connectivity index (χ4n) is 4.70. The Labute approximate surface area is 247 Å². The molecule has 2 aromatic carbocycles. The van der Waals surface area contributed by atoms with Gasteiger partial charge in [0.15, 0.2) is 5.78 Å². The van der Waals surface area contributed by atoms with Crippen LogP contribution in [0.5, 0.6) is 11.5 Å². The van der Waals surface area contributed by atoms with Gasteiger partial charge in [0.05, 0.1) is 30.5 Å². The van der Waals surface area contributed by atoms with Crippen LogP contribution < -0.4 is 15.0 Å². The summed E-state index contributed by atoms with van der Waals surface area (Å²) in [5.41, 5.74) is 1.30. The summed E-state index contributed by atoms with van der Waals surface area (Å²) < 4.78 is 45.7. The number of nitrogens with zero attached hydrogens (tertiary/aromatic N) is 3. The van der Waals surface area contributed by atoms with E-state index in [9.17, 15) is 18.4 Å². The van der Waals surface area contributed by atoms with Gasteiger partial charge in [-0.25, -0.2) is 8.78 Å². The van der Waals surface area contributed by atoms with Gasteiger partial charge >= 0.3 is 0 Å². The molecule has 0 saturated heterocycles. The Kier molecular flexibility index (Phi) is 9.68. The Morgan fingerprint density at radius 1 is 1.05 bits per heavy atom. The highest BCUT2D eigenvalue weighted by Gasteiger charge is 2.25. The molecule has 0 amide bonds. The van der Waals surface area contributed by atoms with Gasteiger partial charge in [-0.05, 0) is 63.1 Å². The van der Waals surface area contributed by atoms with Gasteiger partial charge in [0.1, 0.15) is 18.1 Å². The van der Waals surface area contributed by atoms with E-state index in [0.717, 1.165) is 16.5 Å². The number of ketones is 1. The number of rotatable bonds is 12. The van der Waals surface area contributed by atoms with Crippen LogP contribution in [0.4, 0.5) is 8.78 Å². The van der Waals surface area contributed by atoms with Gasteiger partial charge in [-0.1, -0.05) is 17.7 Å². The molecule has 4 rings (SSSR count). The van der Waals surface area contributed by atoms with Gasteiger partial charge in [0.2, 0.25) is 0 Å². The molecule has 0 aliphatic carbocycles. The highest BCUT2D eigenvalue weighted by Crippen LogP contribution is 2.38. The van der Waals surface area contributed by atoms with Gasteiger partial charge in [0, 0.05) is 53.9 Å². The van der Waals surface area contributed by atoms with Crippen LogP contribution in [0.15, 0.2) is 59.7 Å². The number of alkyl halides is 2. The van der Waals surface area contributed by atoms with Crippen LogP contribution in [0.25, 0.3) is 22.0 Å². The third kappa shape index (κ3) is 7.74. The van der Waals surface area contributed by atoms with Crippen molar-refractivity contribution in [2.75, 3.05) is 20.3 Å². The molecule has 2 heterocycles. The highest BCUT2D eigenvalue weighted by molar-refractivity contribution is 6.31. The molecule has 2 aromatic heterocycles. The fourth-order valence-corrected chi connectivity index (χ4v) is 4.87. The van der Waals surface area contributed by atoms with Crippen molar-refractivity contribution in [2.24, 2.45) is 7.05 Å². The average Bonchev–Trinajstić information content (AvgIpc) is 3.29. The predicted molar refractivity (Wildman–Crippen MR) is 158 cm³/mol. The van der Waals surface area contributed by atoms with Crippen LogP contribution >= 0.6 is 11.6 Å². The molecule has 0 bridgehead atoms. The minimum atomic E-state index is -2.69. The van der Waals surface area contributed by atoms with E-state index >= 15 is 0 Å². The SMILES string of the molecule is COc1cn(C(CCOC(C)(C)C)C(=O)Cc2ccc3nn(C)cc3c2)c(=O)cc1-c1cc(Cl)ccc1OCC(F)F. The van der Waals surface area contributed by atoms with E-state index in [0.29, 0.717) is 16.1 Å². The molecule has 0 aliphatic heterocycles. The molecule has 0 N–H and O–H groups in total. The van der Waals surface area contributed by atoms with E-state index in [2.05, 4.69) is 5.10 Å². The molecule has 1 atom stereocenters. The topological polar surface area (TPSA) is 84.6 Å². The minimum Gasteiger partial charge on any atom is -0.495 e. The summed E-state index contributed by atoms with van der Waals surface area (Å²) in [5, 5.41) is 5.60. The first-order chi connectivity index (χ1) is 19.8. The molecule has 8 nitrogen and oxygen atoms in total. The molecule has 4 aromatic rings. The van der Waals surface area contributed by atoms with Gasteiger partial charge in [-0.15, -0.1) is 0 Å². The molecule has 11 heteroatoms. The maximum Gasteiger partial charge on any atom is 0.272 e. The van der Waals surface area contributed by atoms with E-state index in [1.54, 1.807) is 4.68 Å². The Bertz CT molecular complexity index is 1630. The third-order valence-electron chi connectivity index (χ3n) is 6.56. The van der Waals surface area contributed by atoms with Crippen LogP contribution in [-0.2, 0) is 23.0 Å². The fraction of sp³-hybridized carbons (Fsp3) is 0.387. The number of Topliss-reactive ketones (excluding diaryl/α,β-unsaturated/α-hetero) is 1. The maximum absolute atomic E-state index is 13.8. The van der Waals surface area contributed by atoms with Crippen LogP contribution in [0.1, 0.15) is 38.8 Å². The molecule has 0 fully saturated rings. The van der Waals surface area contributed by atoms with Crippen molar-refractivity contribution in [2.45, 2.75) is 51.7 Å². The number of pyridine rings is 1. The summed E-state index contributed by atoms with van der Waals surface area (Å²) in [7, 11) is 3.25. The number of carbonyl (C=O) groups is 1. The zero-order valence-electron chi connectivity index (χ0n) is 24.2.